The van der Waals surface area contributed by atoms with E-state index < -0.39 is 24.0 Å². The molecule has 0 fully saturated rings. The maximum atomic E-state index is 12.5. The molecule has 0 radical (unpaired) electrons. The quantitative estimate of drug-likeness (QED) is 0.730. The van der Waals surface area contributed by atoms with Crippen molar-refractivity contribution in [3.63, 3.8) is 0 Å². The minimum absolute atomic E-state index is 0.0677. The Morgan fingerprint density at radius 3 is 2.33 bits per heavy atom. The number of carbonyl (C=O) groups excluding carboxylic acids is 3. The molecule has 0 bridgehead atoms. The van der Waals surface area contributed by atoms with Crippen LogP contribution in [-0.2, 0) is 20.7 Å². The number of hydrogen-bond donors (Lipinski definition) is 2. The Morgan fingerprint density at radius 1 is 1.00 bits per heavy atom. The third kappa shape index (κ3) is 5.85. The highest BCUT2D eigenvalue weighted by Crippen LogP contribution is 2.22. The smallest absolute Gasteiger partial charge is 0.321 e. The van der Waals surface area contributed by atoms with Crippen LogP contribution in [0.3, 0.4) is 0 Å². The number of urea groups is 1. The summed E-state index contributed by atoms with van der Waals surface area (Å²) in [5.74, 6) is -0.780. The first-order chi connectivity index (χ1) is 13.0. The van der Waals surface area contributed by atoms with E-state index in [1.807, 2.05) is 0 Å². The van der Waals surface area contributed by atoms with Crippen molar-refractivity contribution in [3.05, 3.63) is 65.7 Å². The van der Waals surface area contributed by atoms with Crippen LogP contribution >= 0.6 is 0 Å². The molecule has 142 valence electrons. The number of rotatable bonds is 7. The zero-order valence-corrected chi connectivity index (χ0v) is 15.2. The minimum Gasteiger partial charge on any atom is -0.496 e. The minimum atomic E-state index is -1.24. The highest BCUT2D eigenvalue weighted by molar-refractivity contribution is 5.97. The second-order valence-electron chi connectivity index (χ2n) is 5.62. The summed E-state index contributed by atoms with van der Waals surface area (Å²) < 4.78 is 10.6. The van der Waals surface area contributed by atoms with Gasteiger partial charge in [0.05, 0.1) is 13.5 Å². The first-order valence-corrected chi connectivity index (χ1v) is 8.50. The average Bonchev–Trinajstić information content (AvgIpc) is 2.67. The maximum absolute atomic E-state index is 12.5. The van der Waals surface area contributed by atoms with Crippen LogP contribution in [0.4, 0.5) is 4.79 Å². The van der Waals surface area contributed by atoms with Gasteiger partial charge in [0.25, 0.3) is 5.91 Å². The summed E-state index contributed by atoms with van der Waals surface area (Å²) >= 11 is 0. The molecule has 0 aromatic heterocycles. The zero-order chi connectivity index (χ0) is 19.6. The molecule has 0 saturated carbocycles. The second kappa shape index (κ2) is 9.96. The normalized spacial score (nSPS) is 11.2. The topological polar surface area (TPSA) is 93.7 Å². The number of methoxy groups -OCH3 is 1. The lowest BCUT2D eigenvalue weighted by atomic mass is 10.1. The van der Waals surface area contributed by atoms with Crippen molar-refractivity contribution >= 4 is 17.9 Å². The van der Waals surface area contributed by atoms with Crippen LogP contribution < -0.4 is 15.4 Å². The second-order valence-corrected chi connectivity index (χ2v) is 5.62. The Bertz CT molecular complexity index is 792. The number of hydrogen-bond acceptors (Lipinski definition) is 5. The molecule has 27 heavy (non-hydrogen) atoms. The lowest BCUT2D eigenvalue weighted by Gasteiger charge is -2.18. The third-order valence-corrected chi connectivity index (χ3v) is 3.69. The summed E-state index contributed by atoms with van der Waals surface area (Å²) in [6.07, 6.45) is -1.31. The van der Waals surface area contributed by atoms with E-state index in [2.05, 4.69) is 10.6 Å². The van der Waals surface area contributed by atoms with Crippen LogP contribution in [0.2, 0.25) is 0 Å². The molecule has 2 N–H and O–H groups in total. The van der Waals surface area contributed by atoms with Crippen molar-refractivity contribution in [2.75, 3.05) is 13.7 Å². The Balaban J connectivity index is 2.15. The van der Waals surface area contributed by atoms with Crippen LogP contribution in [-0.4, -0.2) is 31.6 Å². The molecule has 2 aromatic carbocycles. The largest absolute Gasteiger partial charge is 0.496 e. The fourth-order valence-corrected chi connectivity index (χ4v) is 2.46. The van der Waals surface area contributed by atoms with Gasteiger partial charge in [-0.3, -0.25) is 14.9 Å². The fraction of sp³-hybridized carbons (Fsp3) is 0.250. The van der Waals surface area contributed by atoms with E-state index in [-0.39, 0.29) is 6.42 Å². The van der Waals surface area contributed by atoms with E-state index in [1.165, 1.54) is 7.11 Å². The van der Waals surface area contributed by atoms with Crippen LogP contribution in [0.5, 0.6) is 5.75 Å². The predicted octanol–water partition coefficient (Wildman–Crippen LogP) is 2.37. The van der Waals surface area contributed by atoms with Gasteiger partial charge in [-0.25, -0.2) is 4.79 Å². The molecule has 0 unspecified atom stereocenters. The number of para-hydroxylation sites is 1. The Hall–Kier alpha value is -3.35. The molecule has 3 amide bonds. The third-order valence-electron chi connectivity index (χ3n) is 3.69. The van der Waals surface area contributed by atoms with Crippen LogP contribution in [0, 0.1) is 0 Å². The number of carbonyl (C=O) groups is 3. The Morgan fingerprint density at radius 2 is 1.67 bits per heavy atom. The monoisotopic (exact) mass is 370 g/mol. The summed E-state index contributed by atoms with van der Waals surface area (Å²) in [4.78, 5) is 36.5. The average molecular weight is 370 g/mol. The highest BCUT2D eigenvalue weighted by Gasteiger charge is 2.26. The van der Waals surface area contributed by atoms with Crippen molar-refractivity contribution in [2.45, 2.75) is 19.4 Å². The van der Waals surface area contributed by atoms with E-state index >= 15 is 0 Å². The fourth-order valence-electron chi connectivity index (χ4n) is 2.46. The first-order valence-electron chi connectivity index (χ1n) is 8.50. The summed E-state index contributed by atoms with van der Waals surface area (Å²) in [6, 6.07) is 14.9. The van der Waals surface area contributed by atoms with Gasteiger partial charge in [0.2, 0.25) is 6.10 Å². The molecule has 1 atom stereocenters. The van der Waals surface area contributed by atoms with Gasteiger partial charge in [0.1, 0.15) is 5.75 Å². The highest BCUT2D eigenvalue weighted by atomic mass is 16.5. The van der Waals surface area contributed by atoms with E-state index in [9.17, 15) is 14.4 Å². The molecule has 7 nitrogen and oxygen atoms in total. The predicted molar refractivity (Wildman–Crippen MR) is 99.2 cm³/mol. The van der Waals surface area contributed by atoms with Crippen molar-refractivity contribution in [2.24, 2.45) is 0 Å². The van der Waals surface area contributed by atoms with Crippen molar-refractivity contribution < 1.29 is 23.9 Å². The zero-order valence-electron chi connectivity index (χ0n) is 15.2. The molecular formula is C20H22N2O5. The van der Waals surface area contributed by atoms with Gasteiger partial charge in [-0.05, 0) is 13.0 Å². The molecule has 0 spiro atoms. The van der Waals surface area contributed by atoms with Gasteiger partial charge >= 0.3 is 12.0 Å². The van der Waals surface area contributed by atoms with Gasteiger partial charge < -0.3 is 14.8 Å². The van der Waals surface area contributed by atoms with Crippen LogP contribution in [0.1, 0.15) is 24.2 Å². The molecule has 0 saturated heterocycles. The summed E-state index contributed by atoms with van der Waals surface area (Å²) in [5.41, 5.74) is 1.11. The van der Waals surface area contributed by atoms with Crippen LogP contribution in [0.15, 0.2) is 54.6 Å². The lowest BCUT2D eigenvalue weighted by molar-refractivity contribution is -0.155. The van der Waals surface area contributed by atoms with E-state index in [1.54, 1.807) is 61.5 Å². The molecule has 0 aliphatic carbocycles. The van der Waals surface area contributed by atoms with Crippen molar-refractivity contribution in [3.8, 4) is 5.75 Å². The van der Waals surface area contributed by atoms with Gasteiger partial charge in [0, 0.05) is 17.7 Å². The molecule has 0 heterocycles. The van der Waals surface area contributed by atoms with E-state index in [0.29, 0.717) is 23.4 Å². The Labute approximate surface area is 157 Å². The molecular weight excluding hydrogens is 348 g/mol. The molecule has 7 heteroatoms. The summed E-state index contributed by atoms with van der Waals surface area (Å²) in [5, 5.41) is 4.64. The number of imide groups is 1. The van der Waals surface area contributed by atoms with Crippen molar-refractivity contribution in [1.82, 2.24) is 10.6 Å². The number of ether oxygens (including phenoxy) is 2. The number of amides is 3. The van der Waals surface area contributed by atoms with Gasteiger partial charge in [0.15, 0.2) is 0 Å². The summed E-state index contributed by atoms with van der Waals surface area (Å²) in [6.45, 7) is 2.09. The SMILES string of the molecule is CCNC(=O)NC(=O)[C@H](OC(=O)Cc1ccccc1OC)c1ccccc1. The Kier molecular flexibility index (Phi) is 7.37. The van der Waals surface area contributed by atoms with E-state index in [4.69, 9.17) is 9.47 Å². The lowest BCUT2D eigenvalue weighted by Crippen LogP contribution is -2.42. The van der Waals surface area contributed by atoms with Crippen LogP contribution in [0.25, 0.3) is 0 Å². The summed E-state index contributed by atoms with van der Waals surface area (Å²) in [7, 11) is 1.51. The van der Waals surface area contributed by atoms with E-state index in [0.717, 1.165) is 0 Å². The number of benzene rings is 2. The maximum Gasteiger partial charge on any atom is 0.321 e. The first kappa shape index (κ1) is 20.0. The van der Waals surface area contributed by atoms with Gasteiger partial charge in [-0.2, -0.15) is 0 Å². The molecule has 0 aliphatic heterocycles. The van der Waals surface area contributed by atoms with Gasteiger partial charge in [-0.15, -0.1) is 0 Å². The molecule has 0 aliphatic rings. The van der Waals surface area contributed by atoms with Crippen molar-refractivity contribution in [1.29, 1.82) is 0 Å². The molecule has 2 aromatic rings. The number of nitrogens with one attached hydrogen (secondary N) is 2. The number of esters is 1. The van der Waals surface area contributed by atoms with Gasteiger partial charge in [-0.1, -0.05) is 48.5 Å². The standard InChI is InChI=1S/C20H22N2O5/c1-3-21-20(25)22-19(24)18(14-9-5-4-6-10-14)27-17(23)13-15-11-7-8-12-16(15)26-2/h4-12,18H,3,13H2,1-2H3,(H2,21,22,24,25)/t18-/m1/s1. The molecule has 2 rings (SSSR count).